The van der Waals surface area contributed by atoms with Crippen LogP contribution in [0, 0.1) is 0 Å². The van der Waals surface area contributed by atoms with E-state index >= 15 is 0 Å². The van der Waals surface area contributed by atoms with Crippen molar-refractivity contribution in [2.24, 2.45) is 5.73 Å². The first-order valence-corrected chi connectivity index (χ1v) is 6.82. The van der Waals surface area contributed by atoms with E-state index in [-0.39, 0.29) is 6.10 Å². The van der Waals surface area contributed by atoms with Crippen LogP contribution in [-0.2, 0) is 11.3 Å². The first-order valence-electron chi connectivity index (χ1n) is 5.83. The molecule has 17 heavy (non-hydrogen) atoms. The number of aliphatic hydroxyl groups excluding tert-OH is 1. The molecule has 0 bridgehead atoms. The minimum Gasteiger partial charge on any atom is -0.390 e. The van der Waals surface area contributed by atoms with Crippen LogP contribution in [0.25, 0.3) is 0 Å². The van der Waals surface area contributed by atoms with Crippen molar-refractivity contribution in [3.05, 3.63) is 29.8 Å². The lowest BCUT2D eigenvalue weighted by Gasteiger charge is -2.13. The van der Waals surface area contributed by atoms with Gasteiger partial charge >= 0.3 is 0 Å². The lowest BCUT2D eigenvalue weighted by atomic mass is 10.2. The second-order valence-corrected chi connectivity index (χ2v) is 5.29. The monoisotopic (exact) mass is 255 g/mol. The predicted octanol–water partition coefficient (Wildman–Crippen LogP) is 2.02. The zero-order chi connectivity index (χ0) is 12.7. The molecular formula is C13H21NO2S. The Morgan fingerprint density at radius 1 is 1.41 bits per heavy atom. The van der Waals surface area contributed by atoms with Crippen molar-refractivity contribution in [1.82, 2.24) is 0 Å². The highest BCUT2D eigenvalue weighted by Crippen LogP contribution is 2.20. The van der Waals surface area contributed by atoms with Crippen LogP contribution in [0.2, 0.25) is 0 Å². The van der Waals surface area contributed by atoms with Crippen molar-refractivity contribution in [2.75, 3.05) is 12.4 Å². The van der Waals surface area contributed by atoms with Crippen LogP contribution in [0.1, 0.15) is 19.4 Å². The van der Waals surface area contributed by atoms with Crippen molar-refractivity contribution in [1.29, 1.82) is 0 Å². The van der Waals surface area contributed by atoms with Crippen LogP contribution in [0.15, 0.2) is 29.2 Å². The number of ether oxygens (including phenoxy) is 1. The summed E-state index contributed by atoms with van der Waals surface area (Å²) < 4.78 is 5.35. The van der Waals surface area contributed by atoms with Crippen LogP contribution in [0.4, 0.5) is 0 Å². The average molecular weight is 255 g/mol. The molecule has 1 rings (SSSR count). The molecule has 3 nitrogen and oxygen atoms in total. The Balaban J connectivity index is 2.33. The fraction of sp³-hybridized carbons (Fsp3) is 0.538. The summed E-state index contributed by atoms with van der Waals surface area (Å²) in [5, 5.41) is 9.72. The van der Waals surface area contributed by atoms with Gasteiger partial charge in [-0.1, -0.05) is 12.1 Å². The maximum absolute atomic E-state index is 9.72. The molecule has 0 spiro atoms. The Bertz CT molecular complexity index is 331. The van der Waals surface area contributed by atoms with E-state index in [1.807, 2.05) is 32.0 Å². The highest BCUT2D eigenvalue weighted by atomic mass is 32.2. The Morgan fingerprint density at radius 2 is 2.18 bits per heavy atom. The number of nitrogens with two attached hydrogens (primary N) is 1. The molecule has 1 aromatic rings. The third-order valence-corrected chi connectivity index (χ3v) is 3.34. The largest absolute Gasteiger partial charge is 0.390 e. The van der Waals surface area contributed by atoms with Gasteiger partial charge in [-0.3, -0.25) is 0 Å². The maximum Gasteiger partial charge on any atom is 0.0867 e. The standard InChI is InChI=1S/C13H21NO2S/c1-10(2)16-8-12(15)9-17-13-5-3-4-11(6-13)7-14/h3-6,10,12,15H,7-9,14H2,1-2H3. The van der Waals surface area contributed by atoms with Crippen LogP contribution in [-0.4, -0.2) is 29.7 Å². The Kier molecular flexibility index (Phi) is 6.58. The number of thioether (sulfide) groups is 1. The molecule has 0 heterocycles. The molecule has 0 saturated heterocycles. The minimum absolute atomic E-state index is 0.162. The van der Waals surface area contributed by atoms with Gasteiger partial charge in [0.05, 0.1) is 18.8 Å². The molecule has 96 valence electrons. The van der Waals surface area contributed by atoms with Gasteiger partial charge in [-0.2, -0.15) is 0 Å². The van der Waals surface area contributed by atoms with Gasteiger partial charge in [-0.15, -0.1) is 11.8 Å². The maximum atomic E-state index is 9.72. The van der Waals surface area contributed by atoms with Gasteiger partial charge in [0, 0.05) is 17.2 Å². The molecule has 1 aromatic carbocycles. The summed E-state index contributed by atoms with van der Waals surface area (Å²) in [4.78, 5) is 1.14. The van der Waals surface area contributed by atoms with Crippen molar-refractivity contribution >= 4 is 11.8 Å². The Hall–Kier alpha value is -0.550. The fourth-order valence-electron chi connectivity index (χ4n) is 1.31. The highest BCUT2D eigenvalue weighted by Gasteiger charge is 2.06. The van der Waals surface area contributed by atoms with Crippen molar-refractivity contribution in [3.8, 4) is 0 Å². The third kappa shape index (κ3) is 6.07. The first-order chi connectivity index (χ1) is 8.11. The van der Waals surface area contributed by atoms with E-state index in [2.05, 4.69) is 6.07 Å². The van der Waals surface area contributed by atoms with E-state index < -0.39 is 6.10 Å². The number of hydrogen-bond donors (Lipinski definition) is 2. The predicted molar refractivity (Wildman–Crippen MR) is 72.2 cm³/mol. The summed E-state index contributed by atoms with van der Waals surface area (Å²) in [6.45, 7) is 4.86. The number of hydrogen-bond acceptors (Lipinski definition) is 4. The zero-order valence-corrected chi connectivity index (χ0v) is 11.2. The first kappa shape index (κ1) is 14.5. The van der Waals surface area contributed by atoms with Crippen LogP contribution in [0.5, 0.6) is 0 Å². The van der Waals surface area contributed by atoms with Gasteiger partial charge in [-0.25, -0.2) is 0 Å². The van der Waals surface area contributed by atoms with Gasteiger partial charge in [0.2, 0.25) is 0 Å². The smallest absolute Gasteiger partial charge is 0.0867 e. The lowest BCUT2D eigenvalue weighted by Crippen LogP contribution is -2.20. The topological polar surface area (TPSA) is 55.5 Å². The number of rotatable bonds is 7. The Labute approximate surface area is 107 Å². The van der Waals surface area contributed by atoms with E-state index in [9.17, 15) is 5.11 Å². The molecule has 0 aliphatic carbocycles. The minimum atomic E-state index is -0.427. The van der Waals surface area contributed by atoms with E-state index in [1.165, 1.54) is 0 Å². The third-order valence-electron chi connectivity index (χ3n) is 2.20. The van der Waals surface area contributed by atoms with Crippen molar-refractivity contribution in [2.45, 2.75) is 37.5 Å². The van der Waals surface area contributed by atoms with Gasteiger partial charge in [0.1, 0.15) is 0 Å². The molecule has 0 aromatic heterocycles. The van der Waals surface area contributed by atoms with Crippen LogP contribution in [0.3, 0.4) is 0 Å². The van der Waals surface area contributed by atoms with Crippen LogP contribution < -0.4 is 5.73 Å². The van der Waals surface area contributed by atoms with Gasteiger partial charge < -0.3 is 15.6 Å². The van der Waals surface area contributed by atoms with Crippen LogP contribution >= 0.6 is 11.8 Å². The SMILES string of the molecule is CC(C)OCC(O)CSc1cccc(CN)c1. The molecular weight excluding hydrogens is 234 g/mol. The molecule has 1 unspecified atom stereocenters. The molecule has 4 heteroatoms. The van der Waals surface area contributed by atoms with Crippen molar-refractivity contribution < 1.29 is 9.84 Å². The van der Waals surface area contributed by atoms with Gasteiger partial charge in [-0.05, 0) is 31.5 Å². The molecule has 0 saturated carbocycles. The van der Waals surface area contributed by atoms with E-state index in [1.54, 1.807) is 11.8 Å². The number of benzene rings is 1. The second-order valence-electron chi connectivity index (χ2n) is 4.20. The van der Waals surface area contributed by atoms with Gasteiger partial charge in [0.15, 0.2) is 0 Å². The van der Waals surface area contributed by atoms with E-state index in [0.29, 0.717) is 18.9 Å². The second kappa shape index (κ2) is 7.71. The molecule has 0 amide bonds. The highest BCUT2D eigenvalue weighted by molar-refractivity contribution is 7.99. The summed E-state index contributed by atoms with van der Waals surface area (Å²) in [5.74, 6) is 0.640. The molecule has 0 aliphatic rings. The quantitative estimate of drug-likeness (QED) is 0.732. The average Bonchev–Trinajstić information content (AvgIpc) is 2.34. The summed E-state index contributed by atoms with van der Waals surface area (Å²) >= 11 is 1.62. The molecule has 1 atom stereocenters. The Morgan fingerprint density at radius 3 is 2.82 bits per heavy atom. The van der Waals surface area contributed by atoms with E-state index in [0.717, 1.165) is 10.5 Å². The lowest BCUT2D eigenvalue weighted by molar-refractivity contribution is 0.0152. The summed E-state index contributed by atoms with van der Waals surface area (Å²) in [5.41, 5.74) is 6.69. The molecule has 0 fully saturated rings. The normalized spacial score (nSPS) is 13.0. The summed E-state index contributed by atoms with van der Waals surface area (Å²) in [7, 11) is 0. The summed E-state index contributed by atoms with van der Waals surface area (Å²) in [6, 6.07) is 8.07. The zero-order valence-electron chi connectivity index (χ0n) is 10.4. The fourth-order valence-corrected chi connectivity index (χ4v) is 2.20. The molecule has 0 aliphatic heterocycles. The molecule has 0 radical (unpaired) electrons. The van der Waals surface area contributed by atoms with Crippen molar-refractivity contribution in [3.63, 3.8) is 0 Å². The molecule has 3 N–H and O–H groups in total. The number of aliphatic hydroxyl groups is 1. The van der Waals surface area contributed by atoms with Gasteiger partial charge in [0.25, 0.3) is 0 Å². The summed E-state index contributed by atoms with van der Waals surface area (Å²) in [6.07, 6.45) is -0.265. The van der Waals surface area contributed by atoms with E-state index in [4.69, 9.17) is 10.5 Å².